The number of alkyl halides is 3. The van der Waals surface area contributed by atoms with E-state index in [0.717, 1.165) is 27.7 Å². The highest BCUT2D eigenvalue weighted by Crippen LogP contribution is 2.30. The van der Waals surface area contributed by atoms with Crippen LogP contribution in [0.25, 0.3) is 22.1 Å². The van der Waals surface area contributed by atoms with Gasteiger partial charge in [0.25, 0.3) is 5.56 Å². The fourth-order valence-corrected chi connectivity index (χ4v) is 3.67. The van der Waals surface area contributed by atoms with Crippen molar-refractivity contribution in [2.24, 2.45) is 0 Å². The number of carbonyl (C=O) groups excluding carboxylic acids is 1. The molecular formula is C23H20F3N3O4. The van der Waals surface area contributed by atoms with Crippen LogP contribution < -0.4 is 16.6 Å². The van der Waals surface area contributed by atoms with Gasteiger partial charge in [0.2, 0.25) is 11.5 Å². The van der Waals surface area contributed by atoms with Gasteiger partial charge in [0.15, 0.2) is 0 Å². The molecule has 2 aromatic carbocycles. The van der Waals surface area contributed by atoms with E-state index in [1.807, 2.05) is 6.92 Å². The molecule has 0 saturated heterocycles. The zero-order valence-corrected chi connectivity index (χ0v) is 17.6. The van der Waals surface area contributed by atoms with Crippen molar-refractivity contribution in [3.8, 4) is 0 Å². The molecule has 0 unspecified atom stereocenters. The smallest absolute Gasteiger partial charge is 0.416 e. The summed E-state index contributed by atoms with van der Waals surface area (Å²) in [4.78, 5) is 38.9. The quantitative estimate of drug-likeness (QED) is 0.464. The highest BCUT2D eigenvalue weighted by atomic mass is 19.4. The molecule has 0 fully saturated rings. The van der Waals surface area contributed by atoms with Gasteiger partial charge in [-0.05, 0) is 36.8 Å². The van der Waals surface area contributed by atoms with Crippen LogP contribution in [0.3, 0.4) is 0 Å². The Morgan fingerprint density at radius 1 is 1.06 bits per heavy atom. The lowest BCUT2D eigenvalue weighted by molar-refractivity contribution is -0.137. The van der Waals surface area contributed by atoms with Gasteiger partial charge in [0.05, 0.1) is 5.56 Å². The van der Waals surface area contributed by atoms with Crippen molar-refractivity contribution < 1.29 is 22.4 Å². The minimum atomic E-state index is -4.56. The summed E-state index contributed by atoms with van der Waals surface area (Å²) in [6.45, 7) is 1.55. The molecule has 0 aliphatic carbocycles. The molecule has 4 aromatic rings. The van der Waals surface area contributed by atoms with Gasteiger partial charge in [-0.2, -0.15) is 13.2 Å². The minimum absolute atomic E-state index is 0.0567. The predicted octanol–water partition coefficient (Wildman–Crippen LogP) is 4.37. The highest BCUT2D eigenvalue weighted by Gasteiger charge is 2.30. The number of anilines is 1. The zero-order valence-electron chi connectivity index (χ0n) is 17.6. The van der Waals surface area contributed by atoms with Gasteiger partial charge in [-0.3, -0.25) is 18.7 Å². The molecule has 0 radical (unpaired) electrons. The summed E-state index contributed by atoms with van der Waals surface area (Å²) < 4.78 is 46.8. The molecule has 4 rings (SSSR count). The Kier molecular flexibility index (Phi) is 5.84. The van der Waals surface area contributed by atoms with Crippen LogP contribution in [-0.4, -0.2) is 15.0 Å². The molecule has 2 aromatic heterocycles. The van der Waals surface area contributed by atoms with Crippen LogP contribution in [-0.2, 0) is 24.1 Å². The number of aromatic nitrogens is 2. The van der Waals surface area contributed by atoms with Crippen molar-refractivity contribution in [2.45, 2.75) is 39.0 Å². The number of nitrogens with one attached hydrogen (secondary N) is 1. The average Bonchev–Trinajstić information content (AvgIpc) is 3.16. The first-order valence-electron chi connectivity index (χ1n) is 10.3. The molecule has 0 bridgehead atoms. The Hall–Kier alpha value is -3.82. The van der Waals surface area contributed by atoms with Crippen LogP contribution >= 0.6 is 0 Å². The van der Waals surface area contributed by atoms with E-state index < -0.39 is 35.4 Å². The Balaban J connectivity index is 1.79. The number of benzene rings is 2. The first-order chi connectivity index (χ1) is 15.7. The average molecular weight is 459 g/mol. The van der Waals surface area contributed by atoms with E-state index in [4.69, 9.17) is 4.42 Å². The number of fused-ring (bicyclic) bond motifs is 3. The fraction of sp³-hybridized carbons (Fsp3) is 0.261. The highest BCUT2D eigenvalue weighted by molar-refractivity contribution is 6.03. The first-order valence-corrected chi connectivity index (χ1v) is 10.3. The number of hydrogen-bond donors (Lipinski definition) is 1. The van der Waals surface area contributed by atoms with Gasteiger partial charge in [-0.25, -0.2) is 4.79 Å². The zero-order chi connectivity index (χ0) is 23.8. The molecule has 0 spiro atoms. The topological polar surface area (TPSA) is 86.2 Å². The summed E-state index contributed by atoms with van der Waals surface area (Å²) in [5.74, 6) is -0.719. The number of amides is 1. The summed E-state index contributed by atoms with van der Waals surface area (Å²) >= 11 is 0. The SMILES string of the molecule is CCCCn1c(=O)c2oc3ccccc3c2n(CC(=O)Nc2cccc(C(F)(F)F)c2)c1=O. The Bertz CT molecular complexity index is 1460. The molecule has 172 valence electrons. The van der Waals surface area contributed by atoms with Crippen LogP contribution in [0.15, 0.2) is 62.5 Å². The molecule has 0 aliphatic heterocycles. The number of para-hydroxylation sites is 1. The summed E-state index contributed by atoms with van der Waals surface area (Å²) in [5, 5.41) is 2.88. The van der Waals surface area contributed by atoms with Crippen LogP contribution in [0.2, 0.25) is 0 Å². The molecule has 10 heteroatoms. The van der Waals surface area contributed by atoms with E-state index in [2.05, 4.69) is 5.32 Å². The van der Waals surface area contributed by atoms with Crippen LogP contribution in [0.4, 0.5) is 18.9 Å². The van der Waals surface area contributed by atoms with Gasteiger partial charge < -0.3 is 9.73 Å². The minimum Gasteiger partial charge on any atom is -0.449 e. The lowest BCUT2D eigenvalue weighted by Gasteiger charge is -2.13. The van der Waals surface area contributed by atoms with Crippen LogP contribution in [0.5, 0.6) is 0 Å². The van der Waals surface area contributed by atoms with Crippen molar-refractivity contribution in [2.75, 3.05) is 5.32 Å². The van der Waals surface area contributed by atoms with E-state index >= 15 is 0 Å². The number of nitrogens with zero attached hydrogens (tertiary/aromatic N) is 2. The second kappa shape index (κ2) is 8.61. The van der Waals surface area contributed by atoms with Crippen molar-refractivity contribution in [1.82, 2.24) is 9.13 Å². The maximum absolute atomic E-state index is 13.2. The van der Waals surface area contributed by atoms with E-state index in [1.165, 1.54) is 12.1 Å². The number of halogens is 3. The Morgan fingerprint density at radius 2 is 1.82 bits per heavy atom. The third-order valence-corrected chi connectivity index (χ3v) is 5.25. The standard InChI is InChI=1S/C23H20F3N3O4/c1-2-3-11-28-21(31)20-19(16-9-4-5-10-17(16)33-20)29(22(28)32)13-18(30)27-15-8-6-7-14(12-15)23(24,25)26/h4-10,12H,2-3,11,13H2,1H3,(H,27,30). The third-order valence-electron chi connectivity index (χ3n) is 5.25. The van der Waals surface area contributed by atoms with Crippen molar-refractivity contribution >= 4 is 33.7 Å². The molecule has 0 atom stereocenters. The van der Waals surface area contributed by atoms with Crippen molar-refractivity contribution in [3.63, 3.8) is 0 Å². The van der Waals surface area contributed by atoms with Gasteiger partial charge >= 0.3 is 11.9 Å². The maximum atomic E-state index is 13.2. The van der Waals surface area contributed by atoms with E-state index in [0.29, 0.717) is 17.4 Å². The lowest BCUT2D eigenvalue weighted by Crippen LogP contribution is -2.41. The Morgan fingerprint density at radius 3 is 2.55 bits per heavy atom. The summed E-state index contributed by atoms with van der Waals surface area (Å²) in [7, 11) is 0. The fourth-order valence-electron chi connectivity index (χ4n) is 3.67. The van der Waals surface area contributed by atoms with Crippen molar-refractivity contribution in [1.29, 1.82) is 0 Å². The molecule has 2 heterocycles. The van der Waals surface area contributed by atoms with Gasteiger partial charge in [-0.15, -0.1) is 0 Å². The van der Waals surface area contributed by atoms with Gasteiger partial charge in [0.1, 0.15) is 17.6 Å². The van der Waals surface area contributed by atoms with Crippen LogP contribution in [0, 0.1) is 0 Å². The van der Waals surface area contributed by atoms with E-state index in [-0.39, 0.29) is 23.3 Å². The normalized spacial score (nSPS) is 11.9. The van der Waals surface area contributed by atoms with Crippen molar-refractivity contribution in [3.05, 3.63) is 74.9 Å². The number of rotatable bonds is 6. The summed E-state index contributed by atoms with van der Waals surface area (Å²) in [5.41, 5.74) is -1.75. The third kappa shape index (κ3) is 4.28. The lowest BCUT2D eigenvalue weighted by atomic mass is 10.2. The molecule has 0 aliphatic rings. The largest absolute Gasteiger partial charge is 0.449 e. The molecular weight excluding hydrogens is 439 g/mol. The molecule has 33 heavy (non-hydrogen) atoms. The number of carbonyl (C=O) groups is 1. The second-order valence-electron chi connectivity index (χ2n) is 7.58. The summed E-state index contributed by atoms with van der Waals surface area (Å²) in [6, 6.07) is 10.9. The molecule has 1 N–H and O–H groups in total. The molecule has 7 nitrogen and oxygen atoms in total. The van der Waals surface area contributed by atoms with Gasteiger partial charge in [-0.1, -0.05) is 31.5 Å². The number of unbranched alkanes of at least 4 members (excludes halogenated alkanes) is 1. The Labute approximate surface area is 185 Å². The first kappa shape index (κ1) is 22.4. The monoisotopic (exact) mass is 459 g/mol. The summed E-state index contributed by atoms with van der Waals surface area (Å²) in [6.07, 6.45) is -3.26. The molecule has 1 amide bonds. The number of hydrogen-bond acceptors (Lipinski definition) is 4. The van der Waals surface area contributed by atoms with E-state index in [1.54, 1.807) is 24.3 Å². The molecule has 0 saturated carbocycles. The maximum Gasteiger partial charge on any atom is 0.416 e. The van der Waals surface area contributed by atoms with Crippen LogP contribution in [0.1, 0.15) is 25.3 Å². The predicted molar refractivity (Wildman–Crippen MR) is 117 cm³/mol. The van der Waals surface area contributed by atoms with Gasteiger partial charge in [0, 0.05) is 17.6 Å². The number of furan rings is 1. The van der Waals surface area contributed by atoms with E-state index in [9.17, 15) is 27.6 Å². The second-order valence-corrected chi connectivity index (χ2v) is 7.58.